The van der Waals surface area contributed by atoms with Crippen LogP contribution in [0.4, 0.5) is 5.69 Å². The molecule has 2 atom stereocenters. The number of para-hydroxylation sites is 2. The summed E-state index contributed by atoms with van der Waals surface area (Å²) in [6.45, 7) is 0. The molecule has 4 rings (SSSR count). The first-order valence-electron chi connectivity index (χ1n) is 8.58. The Bertz CT molecular complexity index is 1150. The first-order valence-corrected chi connectivity index (χ1v) is 9.84. The number of hydrogen-bond donors (Lipinski definition) is 1. The van der Waals surface area contributed by atoms with E-state index in [1.165, 1.54) is 11.8 Å². The van der Waals surface area contributed by atoms with Crippen LogP contribution in [0.3, 0.4) is 0 Å². The van der Waals surface area contributed by atoms with Crippen LogP contribution in [0, 0.1) is 11.3 Å². The standard InChI is InChI=1S/C20H15ClN4O2S/c1-25-15-5-3-2-4-13(15)23-19(25)12(10-22)16(26)9-18-20(27)24-14-8-11(21)6-7-17(14)28-18/h2-8,12,18H,9H2,1H3,(H,24,27). The maximum absolute atomic E-state index is 12.9. The molecule has 8 heteroatoms. The maximum Gasteiger partial charge on any atom is 0.238 e. The number of amides is 1. The van der Waals surface area contributed by atoms with Gasteiger partial charge in [0.05, 0.1) is 28.0 Å². The fourth-order valence-electron chi connectivity index (χ4n) is 3.25. The zero-order valence-electron chi connectivity index (χ0n) is 14.8. The summed E-state index contributed by atoms with van der Waals surface area (Å²) in [6.07, 6.45) is -0.0556. The highest BCUT2D eigenvalue weighted by molar-refractivity contribution is 8.01. The molecule has 0 saturated carbocycles. The molecular formula is C20H15ClN4O2S. The van der Waals surface area contributed by atoms with Crippen LogP contribution in [-0.4, -0.2) is 26.5 Å². The quantitative estimate of drug-likeness (QED) is 0.704. The first kappa shape index (κ1) is 18.5. The van der Waals surface area contributed by atoms with E-state index in [0.717, 1.165) is 15.9 Å². The average molecular weight is 411 g/mol. The second-order valence-corrected chi connectivity index (χ2v) is 8.17. The summed E-state index contributed by atoms with van der Waals surface area (Å²) in [5.41, 5.74) is 2.21. The van der Waals surface area contributed by atoms with Crippen molar-refractivity contribution in [3.8, 4) is 6.07 Å². The van der Waals surface area contributed by atoms with E-state index < -0.39 is 11.2 Å². The SMILES string of the molecule is Cn1c(C(C#N)C(=O)CC2Sc3ccc(Cl)cc3NC2=O)nc2ccccc21. The number of nitrogens with zero attached hydrogens (tertiary/aromatic N) is 3. The normalized spacial score (nSPS) is 16.9. The first-order chi connectivity index (χ1) is 13.5. The number of aromatic nitrogens is 2. The van der Waals surface area contributed by atoms with Crippen molar-refractivity contribution in [3.63, 3.8) is 0 Å². The Balaban J connectivity index is 1.58. The highest BCUT2D eigenvalue weighted by atomic mass is 35.5. The lowest BCUT2D eigenvalue weighted by atomic mass is 10.00. The minimum Gasteiger partial charge on any atom is -0.330 e. The average Bonchev–Trinajstić information content (AvgIpc) is 3.00. The Morgan fingerprint density at radius 1 is 1.39 bits per heavy atom. The summed E-state index contributed by atoms with van der Waals surface area (Å²) in [5, 5.41) is 12.3. The van der Waals surface area contributed by atoms with Gasteiger partial charge in [-0.1, -0.05) is 23.7 Å². The van der Waals surface area contributed by atoms with Gasteiger partial charge in [0.2, 0.25) is 5.91 Å². The number of imidazole rings is 1. The molecule has 2 unspecified atom stereocenters. The summed E-state index contributed by atoms with van der Waals surface area (Å²) in [4.78, 5) is 30.6. The fourth-order valence-corrected chi connectivity index (χ4v) is 4.53. The van der Waals surface area contributed by atoms with Crippen molar-refractivity contribution in [3.05, 3.63) is 53.3 Å². The van der Waals surface area contributed by atoms with Gasteiger partial charge >= 0.3 is 0 Å². The van der Waals surface area contributed by atoms with E-state index in [2.05, 4.69) is 16.4 Å². The van der Waals surface area contributed by atoms with Crippen molar-refractivity contribution in [1.82, 2.24) is 9.55 Å². The van der Waals surface area contributed by atoms with Crippen molar-refractivity contribution in [2.24, 2.45) is 7.05 Å². The molecule has 0 fully saturated rings. The van der Waals surface area contributed by atoms with Crippen molar-refractivity contribution in [2.45, 2.75) is 22.5 Å². The number of anilines is 1. The van der Waals surface area contributed by atoms with E-state index in [9.17, 15) is 14.9 Å². The lowest BCUT2D eigenvalue weighted by Gasteiger charge is -2.24. The Morgan fingerprint density at radius 3 is 2.93 bits per heavy atom. The topological polar surface area (TPSA) is 87.8 Å². The van der Waals surface area contributed by atoms with Crippen molar-refractivity contribution in [2.75, 3.05) is 5.32 Å². The van der Waals surface area contributed by atoms with Crippen LogP contribution in [0.25, 0.3) is 11.0 Å². The number of aryl methyl sites for hydroxylation is 1. The number of benzene rings is 2. The molecule has 28 heavy (non-hydrogen) atoms. The Hall–Kier alpha value is -2.82. The number of carbonyl (C=O) groups is 2. The summed E-state index contributed by atoms with van der Waals surface area (Å²) >= 11 is 7.27. The van der Waals surface area contributed by atoms with Crippen LogP contribution >= 0.6 is 23.4 Å². The van der Waals surface area contributed by atoms with Gasteiger partial charge in [-0.25, -0.2) is 4.98 Å². The molecule has 1 aliphatic heterocycles. The van der Waals surface area contributed by atoms with Crippen LogP contribution < -0.4 is 5.32 Å². The smallest absolute Gasteiger partial charge is 0.238 e. The minimum absolute atomic E-state index is 0.0556. The van der Waals surface area contributed by atoms with Crippen LogP contribution in [-0.2, 0) is 16.6 Å². The molecule has 1 amide bonds. The van der Waals surface area contributed by atoms with Gasteiger partial charge in [-0.15, -0.1) is 11.8 Å². The lowest BCUT2D eigenvalue weighted by Crippen LogP contribution is -2.32. The number of fused-ring (bicyclic) bond motifs is 2. The van der Waals surface area contributed by atoms with Gasteiger partial charge in [-0.3, -0.25) is 9.59 Å². The van der Waals surface area contributed by atoms with Gasteiger partial charge in [-0.05, 0) is 30.3 Å². The largest absolute Gasteiger partial charge is 0.330 e. The molecule has 3 aromatic rings. The molecular weight excluding hydrogens is 396 g/mol. The Morgan fingerprint density at radius 2 is 2.18 bits per heavy atom. The zero-order chi connectivity index (χ0) is 19.8. The van der Waals surface area contributed by atoms with Crippen LogP contribution in [0.5, 0.6) is 0 Å². The van der Waals surface area contributed by atoms with E-state index in [4.69, 9.17) is 11.6 Å². The Labute approximate surface area is 170 Å². The van der Waals surface area contributed by atoms with Gasteiger partial charge < -0.3 is 9.88 Å². The fraction of sp³-hybridized carbons (Fsp3) is 0.200. The Kier molecular flexibility index (Phi) is 4.84. The molecule has 6 nitrogen and oxygen atoms in total. The number of rotatable bonds is 4. The van der Waals surface area contributed by atoms with Gasteiger partial charge in [0.1, 0.15) is 5.82 Å². The molecule has 0 saturated heterocycles. The van der Waals surface area contributed by atoms with Gasteiger partial charge in [-0.2, -0.15) is 5.26 Å². The highest BCUT2D eigenvalue weighted by Crippen LogP contribution is 2.39. The third-order valence-electron chi connectivity index (χ3n) is 4.68. The number of thioether (sulfide) groups is 1. The monoisotopic (exact) mass is 410 g/mol. The molecule has 0 radical (unpaired) electrons. The van der Waals surface area contributed by atoms with E-state index in [1.54, 1.807) is 23.7 Å². The van der Waals surface area contributed by atoms with Gasteiger partial charge in [0.15, 0.2) is 11.7 Å². The third kappa shape index (κ3) is 3.26. The number of hydrogen-bond acceptors (Lipinski definition) is 5. The summed E-state index contributed by atoms with van der Waals surface area (Å²) in [5.74, 6) is -1.24. The van der Waals surface area contributed by atoms with E-state index in [1.807, 2.05) is 30.3 Å². The molecule has 2 aromatic carbocycles. The van der Waals surface area contributed by atoms with E-state index in [-0.39, 0.29) is 18.1 Å². The third-order valence-corrected chi connectivity index (χ3v) is 6.19. The molecule has 0 bridgehead atoms. The number of halogens is 1. The number of carbonyl (C=O) groups excluding carboxylic acids is 2. The molecule has 1 aliphatic rings. The lowest BCUT2D eigenvalue weighted by molar-refractivity contribution is -0.122. The highest BCUT2D eigenvalue weighted by Gasteiger charge is 2.33. The number of nitriles is 1. The number of nitrogens with one attached hydrogen (secondary N) is 1. The summed E-state index contributed by atoms with van der Waals surface area (Å²) in [7, 11) is 1.78. The minimum atomic E-state index is -1.03. The summed E-state index contributed by atoms with van der Waals surface area (Å²) in [6, 6.07) is 14.7. The molecule has 140 valence electrons. The van der Waals surface area contributed by atoms with Crippen LogP contribution in [0.2, 0.25) is 5.02 Å². The van der Waals surface area contributed by atoms with Crippen LogP contribution in [0.15, 0.2) is 47.4 Å². The van der Waals surface area contributed by atoms with Gasteiger partial charge in [0.25, 0.3) is 0 Å². The van der Waals surface area contributed by atoms with Gasteiger partial charge in [0, 0.05) is 23.4 Å². The number of ketones is 1. The molecule has 0 aliphatic carbocycles. The molecule has 1 aromatic heterocycles. The number of Topliss-reactive ketones (excluding diaryl/α,β-unsaturated/α-hetero) is 1. The predicted molar refractivity (Wildman–Crippen MR) is 108 cm³/mol. The molecule has 2 heterocycles. The van der Waals surface area contributed by atoms with Crippen molar-refractivity contribution in [1.29, 1.82) is 5.26 Å². The van der Waals surface area contributed by atoms with Crippen molar-refractivity contribution < 1.29 is 9.59 Å². The van der Waals surface area contributed by atoms with E-state index in [0.29, 0.717) is 16.5 Å². The molecule has 0 spiro atoms. The predicted octanol–water partition coefficient (Wildman–Crippen LogP) is 3.91. The second-order valence-electron chi connectivity index (χ2n) is 6.49. The molecule has 1 N–H and O–H groups in total. The zero-order valence-corrected chi connectivity index (χ0v) is 16.4. The van der Waals surface area contributed by atoms with Crippen LogP contribution in [0.1, 0.15) is 18.2 Å². The second kappa shape index (κ2) is 7.30. The van der Waals surface area contributed by atoms with E-state index >= 15 is 0 Å². The van der Waals surface area contributed by atoms with Crippen molar-refractivity contribution >= 4 is 51.8 Å². The summed E-state index contributed by atoms with van der Waals surface area (Å²) < 4.78 is 1.76. The maximum atomic E-state index is 12.9.